The van der Waals surface area contributed by atoms with Crippen LogP contribution in [0.25, 0.3) is 0 Å². The van der Waals surface area contributed by atoms with E-state index in [1.54, 1.807) is 0 Å². The molecule has 0 N–H and O–H groups in total. The molecule has 1 saturated heterocycles. The van der Waals surface area contributed by atoms with Gasteiger partial charge in [0, 0.05) is 19.1 Å². The second kappa shape index (κ2) is 10.8. The second-order valence-electron chi connectivity index (χ2n) is 7.73. The van der Waals surface area contributed by atoms with Crippen molar-refractivity contribution in [3.8, 4) is 0 Å². The highest BCUT2D eigenvalue weighted by atomic mass is 35.5. The summed E-state index contributed by atoms with van der Waals surface area (Å²) in [6, 6.07) is 20.3. The van der Waals surface area contributed by atoms with Crippen LogP contribution in [0.2, 0.25) is 0 Å². The molecule has 2 aromatic rings. The van der Waals surface area contributed by atoms with Gasteiger partial charge in [-0.15, -0.1) is 12.4 Å². The molecule has 0 aromatic heterocycles. The Bertz CT molecular complexity index is 710. The standard InChI is InChI=1S/C24H29NO3.ClH/c26-24(23(19-9-3-1-4-10-19)20-11-5-2-6-12-20)28-22-14-8-7-13-21(22)25-15-17-27-18-16-25;/h1-6,9-12,21-23H,7-8,13-18H2;1H/t21-,22-;/m1./s1. The molecule has 0 radical (unpaired) electrons. The van der Waals surface area contributed by atoms with Gasteiger partial charge in [-0.1, -0.05) is 67.1 Å². The maximum absolute atomic E-state index is 13.4. The maximum Gasteiger partial charge on any atom is 0.318 e. The monoisotopic (exact) mass is 415 g/mol. The third-order valence-corrected chi connectivity index (χ3v) is 5.95. The molecule has 0 bridgehead atoms. The van der Waals surface area contributed by atoms with Crippen LogP contribution in [0.5, 0.6) is 0 Å². The number of ether oxygens (including phenoxy) is 2. The third-order valence-electron chi connectivity index (χ3n) is 5.95. The second-order valence-corrected chi connectivity index (χ2v) is 7.73. The Morgan fingerprint density at radius 3 is 2.03 bits per heavy atom. The van der Waals surface area contributed by atoms with Gasteiger partial charge in [-0.05, 0) is 30.4 Å². The van der Waals surface area contributed by atoms with Gasteiger partial charge in [-0.2, -0.15) is 0 Å². The van der Waals surface area contributed by atoms with Crippen molar-refractivity contribution in [1.82, 2.24) is 4.90 Å². The van der Waals surface area contributed by atoms with Crippen LogP contribution < -0.4 is 0 Å². The van der Waals surface area contributed by atoms with Gasteiger partial charge in [0.15, 0.2) is 0 Å². The molecule has 2 atom stereocenters. The van der Waals surface area contributed by atoms with Crippen molar-refractivity contribution in [2.75, 3.05) is 26.3 Å². The van der Waals surface area contributed by atoms with Crippen LogP contribution >= 0.6 is 12.4 Å². The SMILES string of the molecule is Cl.O=C(O[C@@H]1CCCC[C@H]1N1CCOCC1)C(c1ccccc1)c1ccccc1. The van der Waals surface area contributed by atoms with Crippen molar-refractivity contribution >= 4 is 18.4 Å². The first-order chi connectivity index (χ1) is 13.8. The molecule has 0 unspecified atom stereocenters. The Kier molecular flexibility index (Phi) is 8.10. The maximum atomic E-state index is 13.4. The van der Waals surface area contributed by atoms with Crippen LogP contribution in [0, 0.1) is 0 Å². The Labute approximate surface area is 179 Å². The van der Waals surface area contributed by atoms with E-state index in [1.165, 1.54) is 6.42 Å². The van der Waals surface area contributed by atoms with Gasteiger partial charge in [-0.25, -0.2) is 0 Å². The minimum atomic E-state index is -0.380. The average Bonchev–Trinajstić information content (AvgIpc) is 2.76. The Hall–Kier alpha value is -1.88. The van der Waals surface area contributed by atoms with Crippen molar-refractivity contribution in [3.63, 3.8) is 0 Å². The fraction of sp³-hybridized carbons (Fsp3) is 0.458. The normalized spacial score (nSPS) is 22.7. The number of benzene rings is 2. The predicted molar refractivity (Wildman–Crippen MR) is 117 cm³/mol. The Morgan fingerprint density at radius 2 is 1.45 bits per heavy atom. The fourth-order valence-electron chi connectivity index (χ4n) is 4.51. The number of rotatable bonds is 5. The molecule has 2 aromatic carbocycles. The molecular formula is C24H30ClNO3. The number of nitrogens with zero attached hydrogens (tertiary/aromatic N) is 1. The van der Waals surface area contributed by atoms with Crippen LogP contribution in [0.1, 0.15) is 42.7 Å². The Morgan fingerprint density at radius 1 is 0.897 bits per heavy atom. The third kappa shape index (κ3) is 5.39. The number of carbonyl (C=O) groups excluding carboxylic acids is 1. The number of hydrogen-bond donors (Lipinski definition) is 0. The summed E-state index contributed by atoms with van der Waals surface area (Å²) in [5.41, 5.74) is 1.97. The molecule has 156 valence electrons. The van der Waals surface area contributed by atoms with Gasteiger partial charge in [0.05, 0.1) is 13.2 Å². The summed E-state index contributed by atoms with van der Waals surface area (Å²) in [6.07, 6.45) is 4.34. The van der Waals surface area contributed by atoms with E-state index < -0.39 is 0 Å². The topological polar surface area (TPSA) is 38.8 Å². The van der Waals surface area contributed by atoms with E-state index in [9.17, 15) is 4.79 Å². The highest BCUT2D eigenvalue weighted by Gasteiger charge is 2.35. The number of carbonyl (C=O) groups is 1. The zero-order valence-electron chi connectivity index (χ0n) is 16.7. The molecule has 29 heavy (non-hydrogen) atoms. The van der Waals surface area contributed by atoms with Crippen LogP contribution in [0.4, 0.5) is 0 Å². The van der Waals surface area contributed by atoms with E-state index in [2.05, 4.69) is 4.90 Å². The number of morpholine rings is 1. The number of halogens is 1. The van der Waals surface area contributed by atoms with Crippen LogP contribution in [0.3, 0.4) is 0 Å². The molecule has 2 aliphatic rings. The molecule has 2 fully saturated rings. The van der Waals surface area contributed by atoms with Gasteiger partial charge >= 0.3 is 5.97 Å². The van der Waals surface area contributed by atoms with Crippen molar-refractivity contribution in [2.24, 2.45) is 0 Å². The van der Waals surface area contributed by atoms with Gasteiger partial charge < -0.3 is 9.47 Å². The molecule has 1 aliphatic carbocycles. The number of esters is 1. The largest absolute Gasteiger partial charge is 0.460 e. The summed E-state index contributed by atoms with van der Waals surface area (Å²) in [6.45, 7) is 3.40. The molecular weight excluding hydrogens is 386 g/mol. The van der Waals surface area contributed by atoms with Gasteiger partial charge in [0.25, 0.3) is 0 Å². The van der Waals surface area contributed by atoms with E-state index in [-0.39, 0.29) is 30.4 Å². The van der Waals surface area contributed by atoms with Crippen molar-refractivity contribution < 1.29 is 14.3 Å². The first kappa shape index (κ1) is 21.8. The zero-order valence-corrected chi connectivity index (χ0v) is 17.6. The summed E-state index contributed by atoms with van der Waals surface area (Å²) in [7, 11) is 0. The fourth-order valence-corrected chi connectivity index (χ4v) is 4.51. The van der Waals surface area contributed by atoms with Gasteiger partial charge in [-0.3, -0.25) is 9.69 Å². The van der Waals surface area contributed by atoms with Gasteiger partial charge in [0.1, 0.15) is 12.0 Å². The summed E-state index contributed by atoms with van der Waals surface area (Å²) >= 11 is 0. The average molecular weight is 416 g/mol. The van der Waals surface area contributed by atoms with E-state index in [1.807, 2.05) is 60.7 Å². The lowest BCUT2D eigenvalue weighted by molar-refractivity contribution is -0.156. The van der Waals surface area contributed by atoms with Crippen molar-refractivity contribution in [1.29, 1.82) is 0 Å². The first-order valence-corrected chi connectivity index (χ1v) is 10.4. The van der Waals surface area contributed by atoms with Crippen LogP contribution in [0.15, 0.2) is 60.7 Å². The van der Waals surface area contributed by atoms with Crippen molar-refractivity contribution in [2.45, 2.75) is 43.7 Å². The van der Waals surface area contributed by atoms with E-state index in [0.717, 1.165) is 56.7 Å². The molecule has 5 heteroatoms. The lowest BCUT2D eigenvalue weighted by atomic mass is 9.89. The molecule has 0 amide bonds. The summed E-state index contributed by atoms with van der Waals surface area (Å²) in [5, 5.41) is 0. The highest BCUT2D eigenvalue weighted by molar-refractivity contribution is 5.85. The van der Waals surface area contributed by atoms with Crippen LogP contribution in [-0.2, 0) is 14.3 Å². The van der Waals surface area contributed by atoms with E-state index in [4.69, 9.17) is 9.47 Å². The molecule has 1 heterocycles. The predicted octanol–water partition coefficient (Wildman–Crippen LogP) is 4.43. The minimum Gasteiger partial charge on any atom is -0.460 e. The van der Waals surface area contributed by atoms with Crippen molar-refractivity contribution in [3.05, 3.63) is 71.8 Å². The summed E-state index contributed by atoms with van der Waals surface area (Å²) in [5.74, 6) is -0.516. The quantitative estimate of drug-likeness (QED) is 0.677. The summed E-state index contributed by atoms with van der Waals surface area (Å²) < 4.78 is 11.7. The smallest absolute Gasteiger partial charge is 0.318 e. The van der Waals surface area contributed by atoms with E-state index >= 15 is 0 Å². The number of hydrogen-bond acceptors (Lipinski definition) is 4. The molecule has 1 saturated carbocycles. The minimum absolute atomic E-state index is 0. The molecule has 1 aliphatic heterocycles. The first-order valence-electron chi connectivity index (χ1n) is 10.4. The molecule has 4 rings (SSSR count). The lowest BCUT2D eigenvalue weighted by Gasteiger charge is -2.41. The van der Waals surface area contributed by atoms with Crippen LogP contribution in [-0.4, -0.2) is 49.3 Å². The van der Waals surface area contributed by atoms with Gasteiger partial charge in [0.2, 0.25) is 0 Å². The zero-order chi connectivity index (χ0) is 19.2. The Balaban J connectivity index is 0.00000240. The summed E-state index contributed by atoms with van der Waals surface area (Å²) in [4.78, 5) is 15.8. The van der Waals surface area contributed by atoms with E-state index in [0.29, 0.717) is 6.04 Å². The highest BCUT2D eigenvalue weighted by Crippen LogP contribution is 2.31. The molecule has 0 spiro atoms. The molecule has 4 nitrogen and oxygen atoms in total. The lowest BCUT2D eigenvalue weighted by Crippen LogP contribution is -2.51.